The van der Waals surface area contributed by atoms with Crippen molar-refractivity contribution < 1.29 is 4.52 Å². The quantitative estimate of drug-likeness (QED) is 0.881. The van der Waals surface area contributed by atoms with Gasteiger partial charge in [-0.25, -0.2) is 4.98 Å². The average molecular weight is 234 g/mol. The number of rotatable bonds is 4. The van der Waals surface area contributed by atoms with E-state index in [0.29, 0.717) is 0 Å². The summed E-state index contributed by atoms with van der Waals surface area (Å²) in [7, 11) is 0. The molecule has 2 aromatic rings. The Morgan fingerprint density at radius 3 is 2.71 bits per heavy atom. The van der Waals surface area contributed by atoms with Gasteiger partial charge >= 0.3 is 0 Å². The molecule has 2 rings (SSSR count). The number of hydrogen-bond acceptors (Lipinski definition) is 4. The summed E-state index contributed by atoms with van der Waals surface area (Å²) in [5.74, 6) is 1.77. The Morgan fingerprint density at radius 1 is 1.35 bits per heavy atom. The molecule has 0 saturated heterocycles. The summed E-state index contributed by atoms with van der Waals surface area (Å²) in [6, 6.07) is 0. The second kappa shape index (κ2) is 4.61. The molecule has 2 heterocycles. The van der Waals surface area contributed by atoms with Crippen LogP contribution in [0.4, 0.5) is 5.95 Å². The molecule has 0 fully saturated rings. The number of nitrogens with zero attached hydrogens (tertiary/aromatic N) is 3. The van der Waals surface area contributed by atoms with Crippen LogP contribution in [0.1, 0.15) is 29.6 Å². The lowest BCUT2D eigenvalue weighted by atomic mass is 10.2. The van der Waals surface area contributed by atoms with E-state index in [1.807, 2.05) is 27.0 Å². The first-order valence-corrected chi connectivity index (χ1v) is 5.81. The van der Waals surface area contributed by atoms with Crippen LogP contribution in [-0.4, -0.2) is 21.3 Å². The highest BCUT2D eigenvalue weighted by atomic mass is 16.5. The molecule has 0 aliphatic carbocycles. The van der Waals surface area contributed by atoms with Gasteiger partial charge in [-0.05, 0) is 27.7 Å². The van der Waals surface area contributed by atoms with Gasteiger partial charge in [0.25, 0.3) is 0 Å². The minimum Gasteiger partial charge on any atom is -0.361 e. The second-order valence-corrected chi connectivity index (χ2v) is 4.17. The smallest absolute Gasteiger partial charge is 0.203 e. The third-order valence-electron chi connectivity index (χ3n) is 2.74. The van der Waals surface area contributed by atoms with Crippen molar-refractivity contribution >= 4 is 5.95 Å². The van der Waals surface area contributed by atoms with E-state index in [-0.39, 0.29) is 0 Å². The summed E-state index contributed by atoms with van der Waals surface area (Å²) in [6.07, 6.45) is 2.03. The topological polar surface area (TPSA) is 55.9 Å². The summed E-state index contributed by atoms with van der Waals surface area (Å²) >= 11 is 0. The third-order valence-corrected chi connectivity index (χ3v) is 2.74. The first-order chi connectivity index (χ1) is 8.11. The second-order valence-electron chi connectivity index (χ2n) is 4.17. The van der Waals surface area contributed by atoms with E-state index in [0.717, 1.165) is 41.7 Å². The molecule has 0 aromatic carbocycles. The van der Waals surface area contributed by atoms with Crippen molar-refractivity contribution in [3.63, 3.8) is 0 Å². The van der Waals surface area contributed by atoms with Crippen LogP contribution in [0.15, 0.2) is 10.7 Å². The Balaban J connectivity index is 2.29. The fourth-order valence-electron chi connectivity index (χ4n) is 1.86. The number of imidazole rings is 1. The van der Waals surface area contributed by atoms with Crippen LogP contribution in [0.2, 0.25) is 0 Å². The van der Waals surface area contributed by atoms with Crippen molar-refractivity contribution in [2.45, 2.75) is 34.2 Å². The van der Waals surface area contributed by atoms with Crippen LogP contribution < -0.4 is 5.32 Å². The Bertz CT molecular complexity index is 493. The van der Waals surface area contributed by atoms with Gasteiger partial charge in [-0.15, -0.1) is 0 Å². The fraction of sp³-hybridized carbons (Fsp3) is 0.500. The number of hydrogen-bond donors (Lipinski definition) is 1. The van der Waals surface area contributed by atoms with Gasteiger partial charge in [0.1, 0.15) is 5.76 Å². The Hall–Kier alpha value is -1.78. The molecule has 0 unspecified atom stereocenters. The van der Waals surface area contributed by atoms with Crippen molar-refractivity contribution in [2.75, 3.05) is 11.9 Å². The van der Waals surface area contributed by atoms with E-state index in [1.54, 1.807) is 0 Å². The van der Waals surface area contributed by atoms with Crippen molar-refractivity contribution in [3.8, 4) is 0 Å². The van der Waals surface area contributed by atoms with Crippen LogP contribution >= 0.6 is 0 Å². The van der Waals surface area contributed by atoms with Crippen LogP contribution in [0.25, 0.3) is 0 Å². The van der Waals surface area contributed by atoms with E-state index in [4.69, 9.17) is 4.52 Å². The predicted octanol–water partition coefficient (Wildman–Crippen LogP) is 2.28. The molecule has 5 heteroatoms. The molecular formula is C12H18N4O. The molecule has 1 N–H and O–H groups in total. The summed E-state index contributed by atoms with van der Waals surface area (Å²) in [5.41, 5.74) is 3.07. The SMILES string of the molecule is CCNc1nc(C)cn1Cc1c(C)noc1C. The van der Waals surface area contributed by atoms with E-state index in [1.165, 1.54) is 0 Å². The lowest BCUT2D eigenvalue weighted by molar-refractivity contribution is 0.392. The zero-order valence-corrected chi connectivity index (χ0v) is 10.7. The minimum absolute atomic E-state index is 0.740. The van der Waals surface area contributed by atoms with Gasteiger partial charge in [-0.3, -0.25) is 0 Å². The molecule has 0 bridgehead atoms. The molecule has 0 spiro atoms. The number of anilines is 1. The molecule has 5 nitrogen and oxygen atoms in total. The van der Waals surface area contributed by atoms with Crippen LogP contribution in [0.3, 0.4) is 0 Å². The van der Waals surface area contributed by atoms with E-state index in [9.17, 15) is 0 Å². The standard InChI is InChI=1S/C12H18N4O/c1-5-13-12-14-8(2)6-16(12)7-11-9(3)15-17-10(11)4/h6H,5,7H2,1-4H3,(H,13,14). The highest BCUT2D eigenvalue weighted by molar-refractivity contribution is 5.31. The molecule has 92 valence electrons. The first-order valence-electron chi connectivity index (χ1n) is 5.81. The lowest BCUT2D eigenvalue weighted by Gasteiger charge is -2.07. The molecule has 0 amide bonds. The zero-order chi connectivity index (χ0) is 12.4. The van der Waals surface area contributed by atoms with Crippen LogP contribution in [-0.2, 0) is 6.54 Å². The Labute approximate surface area is 101 Å². The van der Waals surface area contributed by atoms with Crippen molar-refractivity contribution in [1.82, 2.24) is 14.7 Å². The van der Waals surface area contributed by atoms with Gasteiger partial charge in [0.2, 0.25) is 5.95 Å². The first kappa shape index (κ1) is 11.7. The highest BCUT2D eigenvalue weighted by Gasteiger charge is 2.12. The van der Waals surface area contributed by atoms with Gasteiger partial charge in [-0.2, -0.15) is 0 Å². The summed E-state index contributed by atoms with van der Waals surface area (Å²) in [4.78, 5) is 4.44. The molecular weight excluding hydrogens is 216 g/mol. The molecule has 0 atom stereocenters. The summed E-state index contributed by atoms with van der Waals surface area (Å²) in [5, 5.41) is 7.21. The summed E-state index contributed by atoms with van der Waals surface area (Å²) in [6.45, 7) is 9.55. The van der Waals surface area contributed by atoms with Gasteiger partial charge in [-0.1, -0.05) is 5.16 Å². The van der Waals surface area contributed by atoms with Gasteiger partial charge < -0.3 is 14.4 Å². The normalized spacial score (nSPS) is 10.8. The number of aromatic nitrogens is 3. The fourth-order valence-corrected chi connectivity index (χ4v) is 1.86. The van der Waals surface area contributed by atoms with Crippen molar-refractivity contribution in [2.24, 2.45) is 0 Å². The lowest BCUT2D eigenvalue weighted by Crippen LogP contribution is -2.08. The highest BCUT2D eigenvalue weighted by Crippen LogP contribution is 2.17. The van der Waals surface area contributed by atoms with Crippen LogP contribution in [0, 0.1) is 20.8 Å². The maximum absolute atomic E-state index is 5.17. The Morgan fingerprint density at radius 2 is 2.12 bits per heavy atom. The predicted molar refractivity (Wildman–Crippen MR) is 66.2 cm³/mol. The molecule has 2 aromatic heterocycles. The van der Waals surface area contributed by atoms with E-state index in [2.05, 4.69) is 26.9 Å². The Kier molecular flexibility index (Phi) is 3.17. The van der Waals surface area contributed by atoms with Crippen LogP contribution in [0.5, 0.6) is 0 Å². The van der Waals surface area contributed by atoms with Gasteiger partial charge in [0, 0.05) is 18.3 Å². The largest absolute Gasteiger partial charge is 0.361 e. The molecule has 0 radical (unpaired) electrons. The molecule has 17 heavy (non-hydrogen) atoms. The monoisotopic (exact) mass is 234 g/mol. The number of aryl methyl sites for hydroxylation is 3. The van der Waals surface area contributed by atoms with E-state index >= 15 is 0 Å². The number of nitrogens with one attached hydrogen (secondary N) is 1. The maximum Gasteiger partial charge on any atom is 0.203 e. The van der Waals surface area contributed by atoms with Gasteiger partial charge in [0.05, 0.1) is 17.9 Å². The minimum atomic E-state index is 0.740. The van der Waals surface area contributed by atoms with Crippen molar-refractivity contribution in [3.05, 3.63) is 28.9 Å². The molecule has 0 aliphatic rings. The molecule has 0 aliphatic heterocycles. The van der Waals surface area contributed by atoms with Gasteiger partial charge in [0.15, 0.2) is 0 Å². The maximum atomic E-state index is 5.17. The summed E-state index contributed by atoms with van der Waals surface area (Å²) < 4.78 is 7.26. The molecule has 0 saturated carbocycles. The third kappa shape index (κ3) is 2.33. The van der Waals surface area contributed by atoms with Crippen molar-refractivity contribution in [1.29, 1.82) is 0 Å². The zero-order valence-electron chi connectivity index (χ0n) is 10.7. The average Bonchev–Trinajstić information content (AvgIpc) is 2.77. The van der Waals surface area contributed by atoms with E-state index < -0.39 is 0 Å².